The molecule has 0 spiro atoms. The van der Waals surface area contributed by atoms with Gasteiger partial charge in [-0.1, -0.05) is 13.0 Å². The molecule has 0 saturated carbocycles. The van der Waals surface area contributed by atoms with Gasteiger partial charge in [0.25, 0.3) is 0 Å². The minimum absolute atomic E-state index is 0.000556. The van der Waals surface area contributed by atoms with E-state index in [1.54, 1.807) is 6.07 Å². The zero-order valence-electron chi connectivity index (χ0n) is 11.8. The number of aryl methyl sites for hydroxylation is 1. The largest absolute Gasteiger partial charge is 0.465 e. The quantitative estimate of drug-likeness (QED) is 0.749. The van der Waals surface area contributed by atoms with Gasteiger partial charge in [0, 0.05) is 11.1 Å². The Morgan fingerprint density at radius 3 is 2.85 bits per heavy atom. The van der Waals surface area contributed by atoms with E-state index in [-0.39, 0.29) is 5.56 Å². The van der Waals surface area contributed by atoms with Gasteiger partial charge in [-0.25, -0.2) is 9.59 Å². The Kier molecular flexibility index (Phi) is 2.89. The summed E-state index contributed by atoms with van der Waals surface area (Å²) in [6.07, 6.45) is 2.02. The third-order valence-corrected chi connectivity index (χ3v) is 4.17. The number of ether oxygens (including phenoxy) is 1. The molecule has 0 N–H and O–H groups in total. The first-order valence-electron chi connectivity index (χ1n) is 6.72. The summed E-state index contributed by atoms with van der Waals surface area (Å²) in [5, 5.41) is 0. The fourth-order valence-corrected chi connectivity index (χ4v) is 3.09. The number of furan rings is 1. The minimum Gasteiger partial charge on any atom is -0.465 e. The summed E-state index contributed by atoms with van der Waals surface area (Å²) in [5.41, 5.74) is 3.41. The van der Waals surface area contributed by atoms with Crippen LogP contribution in [0.5, 0.6) is 0 Å². The number of methoxy groups -OCH3 is 1. The lowest BCUT2D eigenvalue weighted by molar-refractivity contribution is 0.0599. The number of rotatable bonds is 1. The van der Waals surface area contributed by atoms with Crippen molar-refractivity contribution in [1.29, 1.82) is 0 Å². The first kappa shape index (κ1) is 12.9. The van der Waals surface area contributed by atoms with Gasteiger partial charge in [-0.3, -0.25) is 0 Å². The van der Waals surface area contributed by atoms with Gasteiger partial charge < -0.3 is 9.15 Å². The molecule has 1 atom stereocenters. The highest BCUT2D eigenvalue weighted by Crippen LogP contribution is 2.42. The van der Waals surface area contributed by atoms with Crippen molar-refractivity contribution in [3.63, 3.8) is 0 Å². The molecule has 0 bridgehead atoms. The molecular weight excluding hydrogens is 256 g/mol. The van der Waals surface area contributed by atoms with Gasteiger partial charge in [0.1, 0.15) is 5.76 Å². The predicted octanol–water partition coefficient (Wildman–Crippen LogP) is 2.89. The van der Waals surface area contributed by atoms with E-state index >= 15 is 0 Å². The first-order valence-corrected chi connectivity index (χ1v) is 6.72. The van der Waals surface area contributed by atoms with E-state index in [0.717, 1.165) is 18.4 Å². The maximum atomic E-state index is 12.0. The SMILES string of the molecule is COC(=O)c1c2ccc(C)c3c(c-2oc1=O)[C@@H](C)CC3. The number of hydrogen-bond donors (Lipinski definition) is 0. The Morgan fingerprint density at radius 2 is 2.15 bits per heavy atom. The van der Waals surface area contributed by atoms with Crippen LogP contribution in [0.1, 0.15) is 46.3 Å². The highest BCUT2D eigenvalue weighted by molar-refractivity contribution is 5.97. The molecule has 0 amide bonds. The van der Waals surface area contributed by atoms with Crippen molar-refractivity contribution in [1.82, 2.24) is 0 Å². The standard InChI is InChI=1S/C16H16O4/c1-8-4-7-11-13(15(17)19-3)16(18)20-14(11)12-9(2)5-6-10(8)12/h4,7,9H,5-6H2,1-3H3/t9-/m0/s1. The Bertz CT molecular complexity index is 726. The van der Waals surface area contributed by atoms with Gasteiger partial charge in [-0.2, -0.15) is 0 Å². The molecule has 0 aromatic carbocycles. The van der Waals surface area contributed by atoms with E-state index in [1.807, 2.05) is 13.0 Å². The van der Waals surface area contributed by atoms with Crippen LogP contribution in [0.3, 0.4) is 0 Å². The van der Waals surface area contributed by atoms with E-state index in [2.05, 4.69) is 6.92 Å². The first-order chi connectivity index (χ1) is 9.54. The van der Waals surface area contributed by atoms with Crippen LogP contribution >= 0.6 is 0 Å². The van der Waals surface area contributed by atoms with E-state index in [0.29, 0.717) is 17.2 Å². The highest BCUT2D eigenvalue weighted by Gasteiger charge is 2.31. The monoisotopic (exact) mass is 272 g/mol. The van der Waals surface area contributed by atoms with Gasteiger partial charge in [0.2, 0.25) is 0 Å². The molecule has 0 aromatic heterocycles. The lowest BCUT2D eigenvalue weighted by Crippen LogP contribution is -2.11. The fraction of sp³-hybridized carbons (Fsp3) is 0.375. The van der Waals surface area contributed by atoms with Crippen LogP contribution in [0.4, 0.5) is 0 Å². The Balaban J connectivity index is 2.38. The minimum atomic E-state index is -0.642. The van der Waals surface area contributed by atoms with Gasteiger partial charge in [0.15, 0.2) is 5.56 Å². The third kappa shape index (κ3) is 1.68. The van der Waals surface area contributed by atoms with E-state index in [9.17, 15) is 9.59 Å². The fourth-order valence-electron chi connectivity index (χ4n) is 3.09. The summed E-state index contributed by atoms with van der Waals surface area (Å²) in [5.74, 6) is 0.232. The number of esters is 1. The maximum Gasteiger partial charge on any atom is 0.351 e. The Labute approximate surface area is 116 Å². The Morgan fingerprint density at radius 1 is 1.40 bits per heavy atom. The summed E-state index contributed by atoms with van der Waals surface area (Å²) in [7, 11) is 1.27. The molecule has 1 aliphatic heterocycles. The Hall–Kier alpha value is -2.10. The van der Waals surface area contributed by atoms with Crippen molar-refractivity contribution in [3.8, 4) is 11.3 Å². The smallest absolute Gasteiger partial charge is 0.351 e. The van der Waals surface area contributed by atoms with Crippen molar-refractivity contribution in [3.05, 3.63) is 44.8 Å². The number of hydrogen-bond acceptors (Lipinski definition) is 4. The lowest BCUT2D eigenvalue weighted by Gasteiger charge is -2.05. The van der Waals surface area contributed by atoms with Gasteiger partial charge >= 0.3 is 11.6 Å². The zero-order chi connectivity index (χ0) is 14.4. The molecule has 0 saturated heterocycles. The molecule has 1 heterocycles. The van der Waals surface area contributed by atoms with Crippen molar-refractivity contribution in [2.75, 3.05) is 7.11 Å². The van der Waals surface area contributed by atoms with Crippen molar-refractivity contribution in [2.24, 2.45) is 0 Å². The molecule has 2 aliphatic carbocycles. The van der Waals surface area contributed by atoms with Crippen LogP contribution in [0.25, 0.3) is 11.3 Å². The molecule has 104 valence electrons. The van der Waals surface area contributed by atoms with Crippen LogP contribution in [0.15, 0.2) is 21.3 Å². The zero-order valence-corrected chi connectivity index (χ0v) is 11.8. The number of carbonyl (C=O) groups excluding carboxylic acids is 1. The molecule has 0 fully saturated rings. The maximum absolute atomic E-state index is 12.0. The molecule has 4 nitrogen and oxygen atoms in total. The van der Waals surface area contributed by atoms with Gasteiger partial charge in [0.05, 0.1) is 7.11 Å². The molecular formula is C16H16O4. The third-order valence-electron chi connectivity index (χ3n) is 4.17. The van der Waals surface area contributed by atoms with Crippen LogP contribution in [0.2, 0.25) is 0 Å². The summed E-state index contributed by atoms with van der Waals surface area (Å²) >= 11 is 0. The molecule has 3 aliphatic rings. The summed E-state index contributed by atoms with van der Waals surface area (Å²) in [4.78, 5) is 23.8. The van der Waals surface area contributed by atoms with E-state index in [1.165, 1.54) is 18.2 Å². The van der Waals surface area contributed by atoms with Crippen molar-refractivity contribution >= 4 is 5.97 Å². The predicted molar refractivity (Wildman–Crippen MR) is 74.4 cm³/mol. The average molecular weight is 272 g/mol. The second-order valence-corrected chi connectivity index (χ2v) is 5.35. The van der Waals surface area contributed by atoms with Crippen molar-refractivity contribution < 1.29 is 13.9 Å². The normalized spacial score (nSPS) is 17.2. The van der Waals surface area contributed by atoms with E-state index in [4.69, 9.17) is 9.15 Å². The van der Waals surface area contributed by atoms with Crippen LogP contribution < -0.4 is 5.63 Å². The second kappa shape index (κ2) is 4.47. The van der Waals surface area contributed by atoms with E-state index < -0.39 is 11.6 Å². The summed E-state index contributed by atoms with van der Waals surface area (Å²) < 4.78 is 10.1. The lowest BCUT2D eigenvalue weighted by atomic mass is 9.99. The molecule has 0 aromatic rings. The topological polar surface area (TPSA) is 56.5 Å². The average Bonchev–Trinajstić information content (AvgIpc) is 2.91. The van der Waals surface area contributed by atoms with Crippen LogP contribution in [0, 0.1) is 6.92 Å². The van der Waals surface area contributed by atoms with Crippen LogP contribution in [-0.2, 0) is 11.2 Å². The van der Waals surface area contributed by atoms with Crippen LogP contribution in [-0.4, -0.2) is 13.1 Å². The van der Waals surface area contributed by atoms with Gasteiger partial charge in [-0.05, 0) is 42.9 Å². The highest BCUT2D eigenvalue weighted by atomic mass is 16.5. The van der Waals surface area contributed by atoms with Crippen molar-refractivity contribution in [2.45, 2.75) is 32.6 Å². The molecule has 0 radical (unpaired) electrons. The molecule has 0 unspecified atom stereocenters. The number of carbonyl (C=O) groups is 1. The van der Waals surface area contributed by atoms with Gasteiger partial charge in [-0.15, -0.1) is 0 Å². The molecule has 4 heteroatoms. The molecule has 3 rings (SSSR count). The second-order valence-electron chi connectivity index (χ2n) is 5.35. The number of fused-ring (bicyclic) bond motifs is 3. The summed E-state index contributed by atoms with van der Waals surface area (Å²) in [6, 6.07) is 3.73. The molecule has 20 heavy (non-hydrogen) atoms. The summed E-state index contributed by atoms with van der Waals surface area (Å²) in [6.45, 7) is 4.17.